The molecule has 0 aromatic heterocycles. The number of nitrogens with one attached hydrogen (secondary N) is 2. The Morgan fingerprint density at radius 3 is 2.44 bits per heavy atom. The minimum atomic E-state index is -3.71. The molecule has 204 valence electrons. The van der Waals surface area contributed by atoms with Crippen LogP contribution in [0.15, 0.2) is 88.9 Å². The fourth-order valence-corrected chi connectivity index (χ4v) is 5.04. The molecule has 0 saturated carbocycles. The van der Waals surface area contributed by atoms with Gasteiger partial charge in [0, 0.05) is 25.8 Å². The molecular formula is C28H30N4O6S. The summed E-state index contributed by atoms with van der Waals surface area (Å²) in [5.74, 6) is -0.125. The van der Waals surface area contributed by atoms with Crippen LogP contribution in [0.5, 0.6) is 5.75 Å². The van der Waals surface area contributed by atoms with Gasteiger partial charge in [0.1, 0.15) is 5.75 Å². The molecule has 0 radical (unpaired) electrons. The second kappa shape index (κ2) is 13.0. The second-order valence-corrected chi connectivity index (χ2v) is 10.8. The normalized spacial score (nSPS) is 15.2. The van der Waals surface area contributed by atoms with Crippen molar-refractivity contribution in [1.82, 2.24) is 10.7 Å². The van der Waals surface area contributed by atoms with Crippen LogP contribution in [0.3, 0.4) is 0 Å². The highest BCUT2D eigenvalue weighted by Crippen LogP contribution is 2.22. The number of hydrogen-bond acceptors (Lipinski definition) is 7. The van der Waals surface area contributed by atoms with Crippen LogP contribution in [0.1, 0.15) is 28.8 Å². The predicted octanol–water partition coefficient (Wildman–Crippen LogP) is 2.95. The first-order valence-corrected chi connectivity index (χ1v) is 13.9. The van der Waals surface area contributed by atoms with Crippen molar-refractivity contribution in [3.8, 4) is 5.75 Å². The number of nitrogens with zero attached hydrogens (tertiary/aromatic N) is 2. The SMILES string of the molecule is CN(c1ccc(C(=O)N/N=C\c2ccc(OCC(=O)NC[C@@H]3CCCO3)cc2)cc1)S(=O)(=O)c1ccccc1. The van der Waals surface area contributed by atoms with Crippen molar-refractivity contribution < 1.29 is 27.5 Å². The van der Waals surface area contributed by atoms with Gasteiger partial charge in [0.2, 0.25) is 0 Å². The number of carbonyl (C=O) groups is 2. The number of rotatable bonds is 11. The maximum Gasteiger partial charge on any atom is 0.271 e. The molecule has 2 amide bonds. The van der Waals surface area contributed by atoms with Gasteiger partial charge in [0.05, 0.1) is 22.9 Å². The van der Waals surface area contributed by atoms with E-state index in [0.717, 1.165) is 23.8 Å². The van der Waals surface area contributed by atoms with Gasteiger partial charge < -0.3 is 14.8 Å². The van der Waals surface area contributed by atoms with Gasteiger partial charge in [0.15, 0.2) is 6.61 Å². The average molecular weight is 551 g/mol. The third-order valence-corrected chi connectivity index (χ3v) is 7.88. The summed E-state index contributed by atoms with van der Waals surface area (Å²) in [5, 5.41) is 6.77. The Morgan fingerprint density at radius 2 is 1.77 bits per heavy atom. The fraction of sp³-hybridized carbons (Fsp3) is 0.250. The summed E-state index contributed by atoms with van der Waals surface area (Å²) in [7, 11) is -2.25. The minimum absolute atomic E-state index is 0.0813. The maximum absolute atomic E-state index is 12.8. The molecule has 0 bridgehead atoms. The zero-order valence-electron chi connectivity index (χ0n) is 21.4. The highest BCUT2D eigenvalue weighted by Gasteiger charge is 2.21. The zero-order valence-corrected chi connectivity index (χ0v) is 22.3. The van der Waals surface area contributed by atoms with Crippen LogP contribution in [0.4, 0.5) is 5.69 Å². The lowest BCUT2D eigenvalue weighted by atomic mass is 10.2. The highest BCUT2D eigenvalue weighted by atomic mass is 32.2. The number of anilines is 1. The quantitative estimate of drug-likeness (QED) is 0.279. The molecule has 1 aliphatic rings. The maximum atomic E-state index is 12.8. The number of amides is 2. The van der Waals surface area contributed by atoms with Crippen molar-refractivity contribution in [2.45, 2.75) is 23.8 Å². The van der Waals surface area contributed by atoms with Crippen molar-refractivity contribution in [2.75, 3.05) is 31.1 Å². The lowest BCUT2D eigenvalue weighted by Crippen LogP contribution is -2.35. The average Bonchev–Trinajstić information content (AvgIpc) is 3.49. The Balaban J connectivity index is 1.24. The molecule has 1 aliphatic heterocycles. The van der Waals surface area contributed by atoms with E-state index in [1.54, 1.807) is 54.6 Å². The molecule has 0 unspecified atom stereocenters. The summed E-state index contributed by atoms with van der Waals surface area (Å²) in [6.07, 6.45) is 3.53. The molecule has 4 rings (SSSR count). The Hall–Kier alpha value is -4.22. The van der Waals surface area contributed by atoms with Crippen LogP contribution in [-0.4, -0.2) is 59.4 Å². The summed E-state index contributed by atoms with van der Waals surface area (Å²) in [6, 6.07) is 21.2. The number of benzene rings is 3. The molecule has 0 aliphatic carbocycles. The van der Waals surface area contributed by atoms with Gasteiger partial charge in [-0.15, -0.1) is 0 Å². The molecule has 11 heteroatoms. The first kappa shape index (κ1) is 27.8. The molecule has 2 N–H and O–H groups in total. The summed E-state index contributed by atoms with van der Waals surface area (Å²) in [6.45, 7) is 1.13. The molecule has 10 nitrogen and oxygen atoms in total. The Labute approximate surface area is 227 Å². The van der Waals surface area contributed by atoms with Crippen molar-refractivity contribution >= 4 is 33.7 Å². The molecule has 3 aromatic carbocycles. The van der Waals surface area contributed by atoms with Gasteiger partial charge in [-0.3, -0.25) is 13.9 Å². The molecule has 1 saturated heterocycles. The summed E-state index contributed by atoms with van der Waals surface area (Å²) in [4.78, 5) is 24.6. The van der Waals surface area contributed by atoms with E-state index in [4.69, 9.17) is 9.47 Å². The number of ether oxygens (including phenoxy) is 2. The third-order valence-electron chi connectivity index (χ3n) is 6.08. The topological polar surface area (TPSA) is 126 Å². The molecule has 0 spiro atoms. The summed E-state index contributed by atoms with van der Waals surface area (Å²) < 4.78 is 37.7. The van der Waals surface area contributed by atoms with E-state index in [1.807, 2.05) is 0 Å². The zero-order chi connectivity index (χ0) is 27.7. The van der Waals surface area contributed by atoms with E-state index in [1.165, 1.54) is 37.5 Å². The van der Waals surface area contributed by atoms with E-state index in [2.05, 4.69) is 15.8 Å². The van der Waals surface area contributed by atoms with Crippen LogP contribution in [0.2, 0.25) is 0 Å². The molecule has 1 fully saturated rings. The third kappa shape index (κ3) is 7.65. The summed E-state index contributed by atoms with van der Waals surface area (Å²) >= 11 is 0. The minimum Gasteiger partial charge on any atom is -0.484 e. The van der Waals surface area contributed by atoms with E-state index in [-0.39, 0.29) is 23.5 Å². The number of sulfonamides is 1. The van der Waals surface area contributed by atoms with Crippen LogP contribution in [-0.2, 0) is 19.6 Å². The van der Waals surface area contributed by atoms with Crippen molar-refractivity contribution in [1.29, 1.82) is 0 Å². The van der Waals surface area contributed by atoms with Gasteiger partial charge in [-0.25, -0.2) is 13.8 Å². The van der Waals surface area contributed by atoms with E-state index in [0.29, 0.717) is 29.1 Å². The summed E-state index contributed by atoms with van der Waals surface area (Å²) in [5.41, 5.74) is 3.90. The largest absolute Gasteiger partial charge is 0.484 e. The fourth-order valence-electron chi connectivity index (χ4n) is 3.83. The lowest BCUT2D eigenvalue weighted by molar-refractivity contribution is -0.123. The van der Waals surface area contributed by atoms with E-state index >= 15 is 0 Å². The monoisotopic (exact) mass is 550 g/mol. The van der Waals surface area contributed by atoms with Crippen LogP contribution in [0.25, 0.3) is 0 Å². The van der Waals surface area contributed by atoms with Crippen LogP contribution < -0.4 is 19.8 Å². The van der Waals surface area contributed by atoms with E-state index in [9.17, 15) is 18.0 Å². The van der Waals surface area contributed by atoms with E-state index < -0.39 is 15.9 Å². The standard InChI is InChI=1S/C28H30N4O6S/c1-32(39(35,36)26-7-3-2-4-8-26)23-13-11-22(12-14-23)28(34)31-30-18-21-9-15-24(16-10-21)38-20-27(33)29-19-25-6-5-17-37-25/h2-4,7-16,18,25H,5-6,17,19-20H2,1H3,(H,29,33)(H,31,34)/b30-18-/t25-/m0/s1. The molecule has 1 heterocycles. The van der Waals surface area contributed by atoms with Gasteiger partial charge >= 0.3 is 0 Å². The first-order valence-electron chi connectivity index (χ1n) is 12.4. The Kier molecular flexibility index (Phi) is 9.29. The number of hydrogen-bond donors (Lipinski definition) is 2. The Bertz CT molecular complexity index is 1390. The first-order chi connectivity index (χ1) is 18.8. The van der Waals surface area contributed by atoms with Gasteiger partial charge in [-0.2, -0.15) is 5.10 Å². The van der Waals surface area contributed by atoms with Crippen LogP contribution >= 0.6 is 0 Å². The molecule has 39 heavy (non-hydrogen) atoms. The van der Waals surface area contributed by atoms with Crippen molar-refractivity contribution in [3.63, 3.8) is 0 Å². The second-order valence-electron chi connectivity index (χ2n) is 8.83. The van der Waals surface area contributed by atoms with Crippen molar-refractivity contribution in [2.24, 2.45) is 5.10 Å². The Morgan fingerprint density at radius 1 is 1.05 bits per heavy atom. The number of hydrazone groups is 1. The highest BCUT2D eigenvalue weighted by molar-refractivity contribution is 7.92. The van der Waals surface area contributed by atoms with Crippen LogP contribution in [0, 0.1) is 0 Å². The lowest BCUT2D eigenvalue weighted by Gasteiger charge is -2.19. The number of carbonyl (C=O) groups excluding carboxylic acids is 2. The van der Waals surface area contributed by atoms with Crippen molar-refractivity contribution in [3.05, 3.63) is 90.0 Å². The van der Waals surface area contributed by atoms with Gasteiger partial charge in [-0.1, -0.05) is 18.2 Å². The smallest absolute Gasteiger partial charge is 0.271 e. The molecule has 3 aromatic rings. The predicted molar refractivity (Wildman–Crippen MR) is 147 cm³/mol. The van der Waals surface area contributed by atoms with Gasteiger partial charge in [0.25, 0.3) is 21.8 Å². The van der Waals surface area contributed by atoms with Gasteiger partial charge in [-0.05, 0) is 79.1 Å². The molecular weight excluding hydrogens is 520 g/mol. The molecule has 1 atom stereocenters.